The highest BCUT2D eigenvalue weighted by Crippen LogP contribution is 2.35. The summed E-state index contributed by atoms with van der Waals surface area (Å²) in [6.07, 6.45) is 1.21. The van der Waals surface area contributed by atoms with Gasteiger partial charge in [0.15, 0.2) is 0 Å². The molecule has 0 radical (unpaired) electrons. The molecule has 21 heavy (non-hydrogen) atoms. The second kappa shape index (κ2) is 6.11. The number of halogens is 2. The Morgan fingerprint density at radius 1 is 1.19 bits per heavy atom. The molecule has 0 unspecified atom stereocenters. The van der Waals surface area contributed by atoms with Crippen LogP contribution in [-0.2, 0) is 0 Å². The van der Waals surface area contributed by atoms with Gasteiger partial charge in [-0.1, -0.05) is 23.2 Å². The van der Waals surface area contributed by atoms with E-state index in [-0.39, 0.29) is 17.3 Å². The van der Waals surface area contributed by atoms with Crippen LogP contribution in [0.25, 0.3) is 0 Å². The number of nitrogens with zero attached hydrogens (tertiary/aromatic N) is 3. The number of hydrogen-bond acceptors (Lipinski definition) is 6. The average Bonchev–Trinajstić information content (AvgIpc) is 2.44. The Bertz CT molecular complexity index is 708. The van der Waals surface area contributed by atoms with Crippen LogP contribution >= 0.6 is 23.2 Å². The van der Waals surface area contributed by atoms with E-state index in [9.17, 15) is 10.1 Å². The summed E-state index contributed by atoms with van der Waals surface area (Å²) in [6.45, 7) is 1.81. The standard InChI is InChI=1S/C12H11Cl2N5O2/c1-6-3-8(14)9(4-7(6)13)18-12-10(19(20)21)11(15-2)16-5-17-12/h3-5H,1-2H3,(H2,15,16,17,18). The normalized spacial score (nSPS) is 10.3. The fourth-order valence-electron chi connectivity index (χ4n) is 1.70. The molecule has 0 aliphatic carbocycles. The van der Waals surface area contributed by atoms with Crippen molar-refractivity contribution in [2.45, 2.75) is 6.92 Å². The summed E-state index contributed by atoms with van der Waals surface area (Å²) >= 11 is 12.1. The maximum absolute atomic E-state index is 11.2. The molecule has 0 spiro atoms. The molecule has 2 N–H and O–H groups in total. The first-order chi connectivity index (χ1) is 9.93. The van der Waals surface area contributed by atoms with Crippen molar-refractivity contribution in [3.8, 4) is 0 Å². The van der Waals surface area contributed by atoms with E-state index in [1.165, 1.54) is 13.4 Å². The Balaban J connectivity index is 2.49. The maximum Gasteiger partial charge on any atom is 0.353 e. The van der Waals surface area contributed by atoms with Crippen molar-refractivity contribution in [2.75, 3.05) is 17.7 Å². The summed E-state index contributed by atoms with van der Waals surface area (Å²) in [5, 5.41) is 17.5. The Labute approximate surface area is 130 Å². The van der Waals surface area contributed by atoms with Crippen LogP contribution in [0.3, 0.4) is 0 Å². The van der Waals surface area contributed by atoms with E-state index < -0.39 is 4.92 Å². The Hall–Kier alpha value is -2.12. The van der Waals surface area contributed by atoms with Crippen molar-refractivity contribution >= 4 is 46.2 Å². The molecule has 0 aliphatic rings. The fourth-order valence-corrected chi connectivity index (χ4v) is 2.12. The highest BCUT2D eigenvalue weighted by Gasteiger charge is 2.22. The molecule has 0 atom stereocenters. The predicted octanol–water partition coefficient (Wildman–Crippen LogP) is 3.79. The number of anilines is 3. The van der Waals surface area contributed by atoms with E-state index in [0.717, 1.165) is 5.56 Å². The zero-order valence-corrected chi connectivity index (χ0v) is 12.7. The lowest BCUT2D eigenvalue weighted by Gasteiger charge is -2.11. The van der Waals surface area contributed by atoms with Gasteiger partial charge in [-0.05, 0) is 24.6 Å². The van der Waals surface area contributed by atoms with Gasteiger partial charge in [-0.15, -0.1) is 0 Å². The molecule has 0 amide bonds. The van der Waals surface area contributed by atoms with E-state index >= 15 is 0 Å². The Kier molecular flexibility index (Phi) is 4.44. The van der Waals surface area contributed by atoms with Gasteiger partial charge in [0.05, 0.1) is 15.6 Å². The molecule has 7 nitrogen and oxygen atoms in total. The molecule has 110 valence electrons. The van der Waals surface area contributed by atoms with Crippen molar-refractivity contribution in [3.05, 3.63) is 44.2 Å². The van der Waals surface area contributed by atoms with Crippen LogP contribution in [0.15, 0.2) is 18.5 Å². The SMILES string of the molecule is CNc1ncnc(Nc2cc(Cl)c(C)cc2Cl)c1[N+](=O)[O-]. The molecule has 0 aliphatic heterocycles. The monoisotopic (exact) mass is 327 g/mol. The number of aromatic nitrogens is 2. The van der Waals surface area contributed by atoms with E-state index in [1.807, 2.05) is 6.92 Å². The van der Waals surface area contributed by atoms with Crippen LogP contribution in [0.5, 0.6) is 0 Å². The first-order valence-corrected chi connectivity index (χ1v) is 6.59. The molecular weight excluding hydrogens is 317 g/mol. The lowest BCUT2D eigenvalue weighted by molar-refractivity contribution is -0.383. The van der Waals surface area contributed by atoms with Crippen LogP contribution in [0.2, 0.25) is 10.0 Å². The quantitative estimate of drug-likeness (QED) is 0.655. The van der Waals surface area contributed by atoms with Crippen molar-refractivity contribution in [2.24, 2.45) is 0 Å². The summed E-state index contributed by atoms with van der Waals surface area (Å²) in [7, 11) is 1.54. The van der Waals surface area contributed by atoms with Gasteiger partial charge >= 0.3 is 5.69 Å². The zero-order chi connectivity index (χ0) is 15.6. The van der Waals surface area contributed by atoms with Gasteiger partial charge in [0.25, 0.3) is 0 Å². The van der Waals surface area contributed by atoms with Crippen LogP contribution in [-0.4, -0.2) is 21.9 Å². The number of rotatable bonds is 4. The average molecular weight is 328 g/mol. The molecule has 2 aromatic rings. The van der Waals surface area contributed by atoms with Crippen LogP contribution in [0, 0.1) is 17.0 Å². The van der Waals surface area contributed by atoms with Crippen molar-refractivity contribution in [3.63, 3.8) is 0 Å². The fraction of sp³-hybridized carbons (Fsp3) is 0.167. The Morgan fingerprint density at radius 2 is 1.86 bits per heavy atom. The summed E-state index contributed by atoms with van der Waals surface area (Å²) in [4.78, 5) is 18.3. The minimum atomic E-state index is -0.572. The van der Waals surface area contributed by atoms with Gasteiger partial charge in [0, 0.05) is 12.1 Å². The number of nitrogens with one attached hydrogen (secondary N) is 2. The molecule has 9 heteroatoms. The lowest BCUT2D eigenvalue weighted by atomic mass is 10.2. The van der Waals surface area contributed by atoms with E-state index in [2.05, 4.69) is 20.6 Å². The summed E-state index contributed by atoms with van der Waals surface area (Å²) in [5.41, 5.74) is 0.962. The second-order valence-corrected chi connectivity index (χ2v) is 4.95. The lowest BCUT2D eigenvalue weighted by Crippen LogP contribution is -2.05. The first-order valence-electron chi connectivity index (χ1n) is 5.84. The largest absolute Gasteiger partial charge is 0.367 e. The summed E-state index contributed by atoms with van der Waals surface area (Å²) in [5.74, 6) is 0.132. The third-order valence-electron chi connectivity index (χ3n) is 2.74. The zero-order valence-electron chi connectivity index (χ0n) is 11.1. The molecule has 2 rings (SSSR count). The molecule has 1 heterocycles. The first kappa shape index (κ1) is 15.3. The van der Waals surface area contributed by atoms with Crippen LogP contribution in [0.1, 0.15) is 5.56 Å². The van der Waals surface area contributed by atoms with Gasteiger partial charge in [0.2, 0.25) is 11.6 Å². The summed E-state index contributed by atoms with van der Waals surface area (Å²) in [6, 6.07) is 3.25. The minimum Gasteiger partial charge on any atom is -0.367 e. The minimum absolute atomic E-state index is 0.0289. The van der Waals surface area contributed by atoms with Crippen molar-refractivity contribution < 1.29 is 4.92 Å². The number of hydrogen-bond donors (Lipinski definition) is 2. The van der Waals surface area contributed by atoms with Gasteiger partial charge in [-0.25, -0.2) is 9.97 Å². The van der Waals surface area contributed by atoms with Crippen molar-refractivity contribution in [1.29, 1.82) is 0 Å². The van der Waals surface area contributed by atoms with Gasteiger partial charge in [-0.3, -0.25) is 10.1 Å². The van der Waals surface area contributed by atoms with Crippen LogP contribution in [0.4, 0.5) is 23.0 Å². The maximum atomic E-state index is 11.2. The van der Waals surface area contributed by atoms with Gasteiger partial charge < -0.3 is 10.6 Å². The number of benzene rings is 1. The molecule has 0 saturated heterocycles. The van der Waals surface area contributed by atoms with Gasteiger partial charge in [0.1, 0.15) is 6.33 Å². The van der Waals surface area contributed by atoms with E-state index in [1.54, 1.807) is 12.1 Å². The van der Waals surface area contributed by atoms with E-state index in [0.29, 0.717) is 15.7 Å². The third-order valence-corrected chi connectivity index (χ3v) is 3.46. The molecule has 0 saturated carbocycles. The predicted molar refractivity (Wildman–Crippen MR) is 82.7 cm³/mol. The highest BCUT2D eigenvalue weighted by atomic mass is 35.5. The smallest absolute Gasteiger partial charge is 0.353 e. The second-order valence-electron chi connectivity index (χ2n) is 4.13. The molecule has 0 bridgehead atoms. The molecule has 1 aromatic heterocycles. The highest BCUT2D eigenvalue weighted by molar-refractivity contribution is 6.35. The molecule has 0 fully saturated rings. The van der Waals surface area contributed by atoms with Crippen molar-refractivity contribution in [1.82, 2.24) is 9.97 Å². The van der Waals surface area contributed by atoms with Crippen LogP contribution < -0.4 is 10.6 Å². The molecule has 1 aromatic carbocycles. The van der Waals surface area contributed by atoms with Gasteiger partial charge in [-0.2, -0.15) is 0 Å². The Morgan fingerprint density at radius 3 is 2.48 bits per heavy atom. The van der Waals surface area contributed by atoms with E-state index in [4.69, 9.17) is 23.2 Å². The topological polar surface area (TPSA) is 93.0 Å². The number of aryl methyl sites for hydroxylation is 1. The third kappa shape index (κ3) is 3.14. The molecular formula is C12H11Cl2N5O2. The number of nitro groups is 1. The summed E-state index contributed by atoms with van der Waals surface area (Å²) < 4.78 is 0.